The summed E-state index contributed by atoms with van der Waals surface area (Å²) < 4.78 is 28.7. The molecular formula is C24H25NO8S. The Morgan fingerprint density at radius 1 is 0.853 bits per heavy atom. The molecule has 2 aromatic carbocycles. The SMILES string of the molecule is O=c1oc2cc(OCCOCCO)c(OCCOCCO)cc2cc1-c1nc2ccccc2s1. The van der Waals surface area contributed by atoms with E-state index in [0.29, 0.717) is 39.6 Å². The molecule has 0 aliphatic rings. The lowest BCUT2D eigenvalue weighted by atomic mass is 10.1. The van der Waals surface area contributed by atoms with E-state index in [9.17, 15) is 4.79 Å². The highest BCUT2D eigenvalue weighted by Crippen LogP contribution is 2.35. The molecule has 2 aromatic heterocycles. The Morgan fingerprint density at radius 2 is 1.53 bits per heavy atom. The second-order valence-corrected chi connectivity index (χ2v) is 8.17. The summed E-state index contributed by atoms with van der Waals surface area (Å²) in [6.07, 6.45) is 0. The van der Waals surface area contributed by atoms with E-state index >= 15 is 0 Å². The zero-order valence-electron chi connectivity index (χ0n) is 18.4. The van der Waals surface area contributed by atoms with Crippen molar-refractivity contribution in [1.82, 2.24) is 4.98 Å². The van der Waals surface area contributed by atoms with Crippen LogP contribution in [0.1, 0.15) is 0 Å². The number of nitrogens with zero attached hydrogens (tertiary/aromatic N) is 1. The van der Waals surface area contributed by atoms with Gasteiger partial charge in [-0.25, -0.2) is 9.78 Å². The number of aliphatic hydroxyl groups is 2. The molecule has 0 aliphatic carbocycles. The van der Waals surface area contributed by atoms with Crippen LogP contribution in [0, 0.1) is 0 Å². The Balaban J connectivity index is 1.63. The monoisotopic (exact) mass is 487 g/mol. The Labute approximate surface area is 199 Å². The van der Waals surface area contributed by atoms with Crippen LogP contribution in [0.25, 0.3) is 31.8 Å². The van der Waals surface area contributed by atoms with Crippen LogP contribution in [0.2, 0.25) is 0 Å². The zero-order chi connectivity index (χ0) is 23.8. The third-order valence-electron chi connectivity index (χ3n) is 4.76. The number of ether oxygens (including phenoxy) is 4. The van der Waals surface area contributed by atoms with Gasteiger partial charge in [-0.3, -0.25) is 0 Å². The van der Waals surface area contributed by atoms with Gasteiger partial charge in [-0.15, -0.1) is 11.3 Å². The van der Waals surface area contributed by atoms with E-state index in [1.165, 1.54) is 11.3 Å². The second kappa shape index (κ2) is 11.9. The van der Waals surface area contributed by atoms with Gasteiger partial charge in [-0.1, -0.05) is 12.1 Å². The number of para-hydroxylation sites is 1. The minimum Gasteiger partial charge on any atom is -0.487 e. The fourth-order valence-electron chi connectivity index (χ4n) is 3.24. The normalized spacial score (nSPS) is 11.4. The molecular weight excluding hydrogens is 462 g/mol. The summed E-state index contributed by atoms with van der Waals surface area (Å²) in [5.74, 6) is 0.837. The largest absolute Gasteiger partial charge is 0.487 e. The van der Waals surface area contributed by atoms with E-state index in [4.69, 9.17) is 33.6 Å². The Morgan fingerprint density at radius 3 is 2.21 bits per heavy atom. The molecule has 0 unspecified atom stereocenters. The van der Waals surface area contributed by atoms with Gasteiger partial charge in [0.25, 0.3) is 0 Å². The molecule has 4 rings (SSSR count). The van der Waals surface area contributed by atoms with Crippen molar-refractivity contribution < 1.29 is 33.6 Å². The molecule has 9 nitrogen and oxygen atoms in total. The number of thiazole rings is 1. The van der Waals surface area contributed by atoms with E-state index in [1.54, 1.807) is 18.2 Å². The van der Waals surface area contributed by atoms with Gasteiger partial charge in [-0.2, -0.15) is 0 Å². The minimum atomic E-state index is -0.491. The third-order valence-corrected chi connectivity index (χ3v) is 5.83. The van der Waals surface area contributed by atoms with Crippen molar-refractivity contribution in [3.8, 4) is 22.1 Å². The maximum Gasteiger partial charge on any atom is 0.346 e. The van der Waals surface area contributed by atoms with E-state index in [-0.39, 0.29) is 46.2 Å². The molecule has 2 N–H and O–H groups in total. The van der Waals surface area contributed by atoms with Gasteiger partial charge in [0, 0.05) is 11.5 Å². The molecule has 0 bridgehead atoms. The average molecular weight is 488 g/mol. The van der Waals surface area contributed by atoms with Crippen LogP contribution in [0.5, 0.6) is 11.5 Å². The number of rotatable bonds is 13. The molecule has 0 saturated heterocycles. The molecule has 0 atom stereocenters. The molecule has 0 spiro atoms. The zero-order valence-corrected chi connectivity index (χ0v) is 19.2. The highest BCUT2D eigenvalue weighted by Gasteiger charge is 2.16. The topological polar surface area (TPSA) is 120 Å². The van der Waals surface area contributed by atoms with E-state index in [2.05, 4.69) is 4.98 Å². The fourth-order valence-corrected chi connectivity index (χ4v) is 4.21. The number of hydrogen-bond donors (Lipinski definition) is 2. The summed E-state index contributed by atoms with van der Waals surface area (Å²) in [5.41, 5.74) is 1.05. The summed E-state index contributed by atoms with van der Waals surface area (Å²) in [6.45, 7) is 1.34. The molecule has 34 heavy (non-hydrogen) atoms. The highest BCUT2D eigenvalue weighted by molar-refractivity contribution is 7.21. The van der Waals surface area contributed by atoms with Crippen LogP contribution < -0.4 is 15.1 Å². The highest BCUT2D eigenvalue weighted by atomic mass is 32.1. The Bertz CT molecular complexity index is 1250. The standard InChI is InChI=1S/C24H25NO8S/c26-5-7-29-9-11-31-20-14-16-13-17(23-25-18-3-1-2-4-22(18)34-23)24(28)33-19(16)15-21(20)32-12-10-30-8-6-27/h1-4,13-15,26-27H,5-12H2. The Kier molecular flexibility index (Phi) is 8.45. The van der Waals surface area contributed by atoms with Crippen LogP contribution in [-0.2, 0) is 9.47 Å². The number of fused-ring (bicyclic) bond motifs is 2. The van der Waals surface area contributed by atoms with Gasteiger partial charge in [-0.05, 0) is 24.3 Å². The second-order valence-electron chi connectivity index (χ2n) is 7.14. The summed E-state index contributed by atoms with van der Waals surface area (Å²) in [5, 5.41) is 18.9. The van der Waals surface area contributed by atoms with E-state index in [1.807, 2.05) is 24.3 Å². The van der Waals surface area contributed by atoms with E-state index < -0.39 is 5.63 Å². The lowest BCUT2D eigenvalue weighted by molar-refractivity contribution is 0.0645. The molecule has 0 radical (unpaired) electrons. The number of aromatic nitrogens is 1. The van der Waals surface area contributed by atoms with Crippen molar-refractivity contribution in [2.24, 2.45) is 0 Å². The molecule has 180 valence electrons. The Hall–Kier alpha value is -3.02. The first-order valence-electron chi connectivity index (χ1n) is 10.8. The van der Waals surface area contributed by atoms with Crippen LogP contribution in [0.4, 0.5) is 0 Å². The number of benzene rings is 2. The van der Waals surface area contributed by atoms with Crippen LogP contribution in [0.3, 0.4) is 0 Å². The minimum absolute atomic E-state index is 0.0637. The maximum atomic E-state index is 12.8. The first kappa shape index (κ1) is 24.1. The molecule has 0 amide bonds. The summed E-state index contributed by atoms with van der Waals surface area (Å²) >= 11 is 1.42. The number of hydrogen-bond acceptors (Lipinski definition) is 10. The lowest BCUT2D eigenvalue weighted by Gasteiger charge is -2.14. The van der Waals surface area contributed by atoms with Crippen LogP contribution >= 0.6 is 11.3 Å². The predicted octanol–water partition coefficient (Wildman–Crippen LogP) is 2.85. The molecule has 0 fully saturated rings. The van der Waals surface area contributed by atoms with Gasteiger partial charge in [0.2, 0.25) is 0 Å². The molecule has 0 aliphatic heterocycles. The fraction of sp³-hybridized carbons (Fsp3) is 0.333. The summed E-state index contributed by atoms with van der Waals surface area (Å²) in [4.78, 5) is 17.3. The van der Waals surface area contributed by atoms with Crippen molar-refractivity contribution in [3.05, 3.63) is 52.9 Å². The first-order valence-corrected chi connectivity index (χ1v) is 11.6. The van der Waals surface area contributed by atoms with Gasteiger partial charge in [0.05, 0.1) is 55.4 Å². The predicted molar refractivity (Wildman–Crippen MR) is 128 cm³/mol. The van der Waals surface area contributed by atoms with Crippen molar-refractivity contribution >= 4 is 32.5 Å². The van der Waals surface area contributed by atoms with E-state index in [0.717, 1.165) is 10.2 Å². The smallest absolute Gasteiger partial charge is 0.346 e. The van der Waals surface area contributed by atoms with Crippen molar-refractivity contribution in [2.45, 2.75) is 0 Å². The van der Waals surface area contributed by atoms with Gasteiger partial charge in [0.15, 0.2) is 11.5 Å². The molecule has 0 saturated carbocycles. The molecule has 10 heteroatoms. The lowest BCUT2D eigenvalue weighted by Crippen LogP contribution is -2.12. The average Bonchev–Trinajstić information content (AvgIpc) is 3.27. The van der Waals surface area contributed by atoms with Crippen molar-refractivity contribution in [1.29, 1.82) is 0 Å². The quantitative estimate of drug-likeness (QED) is 0.217. The first-order chi connectivity index (χ1) is 16.7. The summed E-state index contributed by atoms with van der Waals surface area (Å²) in [6, 6.07) is 12.8. The van der Waals surface area contributed by atoms with Gasteiger partial charge in [0.1, 0.15) is 23.8 Å². The maximum absolute atomic E-state index is 12.8. The summed E-state index contributed by atoms with van der Waals surface area (Å²) in [7, 11) is 0. The van der Waals surface area contributed by atoms with Crippen LogP contribution in [0.15, 0.2) is 51.7 Å². The third kappa shape index (κ3) is 5.91. The molecule has 2 heterocycles. The number of aliphatic hydroxyl groups excluding tert-OH is 2. The molecule has 4 aromatic rings. The van der Waals surface area contributed by atoms with Gasteiger partial charge < -0.3 is 33.6 Å². The van der Waals surface area contributed by atoms with Crippen molar-refractivity contribution in [2.75, 3.05) is 52.9 Å². The van der Waals surface area contributed by atoms with Gasteiger partial charge >= 0.3 is 5.63 Å². The van der Waals surface area contributed by atoms with Crippen LogP contribution in [-0.4, -0.2) is 68.1 Å². The van der Waals surface area contributed by atoms with Crippen molar-refractivity contribution in [3.63, 3.8) is 0 Å².